The zero-order chi connectivity index (χ0) is 27.5. The topological polar surface area (TPSA) is 107 Å². The van der Waals surface area contributed by atoms with E-state index in [1.165, 1.54) is 6.33 Å². The lowest BCUT2D eigenvalue weighted by Gasteiger charge is -2.37. The van der Waals surface area contributed by atoms with E-state index in [0.717, 1.165) is 41.0 Å². The van der Waals surface area contributed by atoms with Crippen molar-refractivity contribution >= 4 is 17.0 Å². The van der Waals surface area contributed by atoms with Gasteiger partial charge in [-0.15, -0.1) is 0 Å². The zero-order valence-electron chi connectivity index (χ0n) is 22.4. The summed E-state index contributed by atoms with van der Waals surface area (Å²) in [7, 11) is 3.33. The van der Waals surface area contributed by atoms with Gasteiger partial charge < -0.3 is 24.7 Å². The van der Waals surface area contributed by atoms with Crippen LogP contribution in [0.25, 0.3) is 11.2 Å². The molecule has 1 saturated heterocycles. The molecular weight excluding hydrogens is 506 g/mol. The maximum Gasteiger partial charge on any atom is 0.167 e. The second-order valence-corrected chi connectivity index (χ2v) is 9.69. The minimum absolute atomic E-state index is 0.138. The van der Waals surface area contributed by atoms with Crippen LogP contribution in [-0.4, -0.2) is 46.4 Å². The van der Waals surface area contributed by atoms with Crippen LogP contribution in [0.1, 0.15) is 35.8 Å². The highest BCUT2D eigenvalue weighted by molar-refractivity contribution is 5.81. The molecule has 2 unspecified atom stereocenters. The molecule has 3 aromatic carbocycles. The average Bonchev–Trinajstić information content (AvgIpc) is 3.67. The Morgan fingerprint density at radius 1 is 0.825 bits per heavy atom. The molecule has 0 spiro atoms. The molecule has 0 bridgehead atoms. The molecule has 5 aromatic rings. The fourth-order valence-corrected chi connectivity index (χ4v) is 5.39. The third-order valence-electron chi connectivity index (χ3n) is 7.44. The van der Waals surface area contributed by atoms with E-state index in [-0.39, 0.29) is 12.3 Å². The molecule has 1 fully saturated rings. The minimum Gasteiger partial charge on any atom is -0.497 e. The molecule has 0 aliphatic carbocycles. The number of imidazole rings is 1. The predicted octanol–water partition coefficient (Wildman–Crippen LogP) is 5.11. The molecule has 9 heteroatoms. The van der Waals surface area contributed by atoms with E-state index in [2.05, 4.69) is 51.4 Å². The van der Waals surface area contributed by atoms with E-state index in [1.807, 2.05) is 47.0 Å². The third-order valence-corrected chi connectivity index (χ3v) is 7.44. The monoisotopic (exact) mass is 537 g/mol. The second kappa shape index (κ2) is 11.0. The van der Waals surface area contributed by atoms with Crippen LogP contribution >= 0.6 is 0 Å². The first-order valence-corrected chi connectivity index (χ1v) is 13.2. The standard InChI is InChI=1S/C31H31N5O4/c1-37-24-12-8-22(9-13-24)31(21-6-4-3-5-7-21,23-10-14-25(38-2)15-11-23)39-18-26-16-17-27(40-26)36-20-35-28-29(32)33-19-34-30(28)36/h3-15,19-20,26-27H,16-18H2,1-2H3,(H2,32,33,34). The number of methoxy groups -OCH3 is 2. The summed E-state index contributed by atoms with van der Waals surface area (Å²) in [5.74, 6) is 1.91. The Balaban J connectivity index is 1.34. The quantitative estimate of drug-likeness (QED) is 0.259. The van der Waals surface area contributed by atoms with Crippen molar-refractivity contribution in [2.75, 3.05) is 26.6 Å². The smallest absolute Gasteiger partial charge is 0.167 e. The fourth-order valence-electron chi connectivity index (χ4n) is 5.39. The van der Waals surface area contributed by atoms with Gasteiger partial charge in [-0.3, -0.25) is 4.57 Å². The summed E-state index contributed by atoms with van der Waals surface area (Å²) < 4.78 is 26.3. The molecule has 40 heavy (non-hydrogen) atoms. The predicted molar refractivity (Wildman–Crippen MR) is 151 cm³/mol. The Morgan fingerprint density at radius 3 is 2.08 bits per heavy atom. The Morgan fingerprint density at radius 2 is 1.45 bits per heavy atom. The molecule has 0 amide bonds. The second-order valence-electron chi connectivity index (χ2n) is 9.69. The van der Waals surface area contributed by atoms with Crippen LogP contribution in [0.5, 0.6) is 11.5 Å². The number of nitrogens with zero attached hydrogens (tertiary/aromatic N) is 4. The number of aromatic nitrogens is 4. The third kappa shape index (κ3) is 4.63. The number of fused-ring (bicyclic) bond motifs is 1. The van der Waals surface area contributed by atoms with Gasteiger partial charge in [0.05, 0.1) is 33.3 Å². The van der Waals surface area contributed by atoms with Gasteiger partial charge in [0.25, 0.3) is 0 Å². The molecule has 2 atom stereocenters. The lowest BCUT2D eigenvalue weighted by atomic mass is 9.80. The fraction of sp³-hybridized carbons (Fsp3) is 0.258. The number of ether oxygens (including phenoxy) is 4. The van der Waals surface area contributed by atoms with Gasteiger partial charge in [0, 0.05) is 0 Å². The van der Waals surface area contributed by atoms with Crippen molar-refractivity contribution in [1.29, 1.82) is 0 Å². The van der Waals surface area contributed by atoms with Crippen LogP contribution in [0.15, 0.2) is 91.5 Å². The Kier molecular flexibility index (Phi) is 7.06. The van der Waals surface area contributed by atoms with Crippen LogP contribution in [-0.2, 0) is 15.1 Å². The van der Waals surface area contributed by atoms with Crippen molar-refractivity contribution in [3.8, 4) is 11.5 Å². The minimum atomic E-state index is -0.898. The van der Waals surface area contributed by atoms with Gasteiger partial charge in [-0.05, 0) is 53.8 Å². The Bertz CT molecular complexity index is 1520. The molecule has 204 valence electrons. The van der Waals surface area contributed by atoms with Crippen LogP contribution in [0.4, 0.5) is 5.82 Å². The van der Waals surface area contributed by atoms with E-state index in [0.29, 0.717) is 23.6 Å². The van der Waals surface area contributed by atoms with Crippen LogP contribution in [0, 0.1) is 0 Å². The Labute approximate surface area is 232 Å². The van der Waals surface area contributed by atoms with Gasteiger partial charge in [-0.1, -0.05) is 54.6 Å². The number of rotatable bonds is 9. The SMILES string of the molecule is COc1ccc(C(OCC2CCC(n3cnc4c(N)ncnc43)O2)(c2ccccc2)c2ccc(OC)cc2)cc1. The van der Waals surface area contributed by atoms with Crippen molar-refractivity contribution in [2.45, 2.75) is 30.8 Å². The largest absolute Gasteiger partial charge is 0.497 e. The summed E-state index contributed by atoms with van der Waals surface area (Å²) in [5.41, 5.74) is 9.29. The maximum absolute atomic E-state index is 7.01. The number of anilines is 1. The summed E-state index contributed by atoms with van der Waals surface area (Å²) in [6, 6.07) is 26.3. The molecule has 2 N–H and O–H groups in total. The van der Waals surface area contributed by atoms with E-state index in [4.69, 9.17) is 24.7 Å². The van der Waals surface area contributed by atoms with Gasteiger partial charge in [0.15, 0.2) is 11.5 Å². The summed E-state index contributed by atoms with van der Waals surface area (Å²) in [4.78, 5) is 12.8. The maximum atomic E-state index is 7.01. The van der Waals surface area contributed by atoms with Crippen molar-refractivity contribution in [2.24, 2.45) is 0 Å². The summed E-state index contributed by atoms with van der Waals surface area (Å²) in [6.45, 7) is 0.368. The Hall–Kier alpha value is -4.47. The zero-order valence-corrected chi connectivity index (χ0v) is 22.4. The van der Waals surface area contributed by atoms with E-state index in [9.17, 15) is 0 Å². The lowest BCUT2D eigenvalue weighted by molar-refractivity contribution is -0.0756. The van der Waals surface area contributed by atoms with E-state index >= 15 is 0 Å². The number of hydrogen-bond donors (Lipinski definition) is 1. The highest BCUT2D eigenvalue weighted by Gasteiger charge is 2.40. The normalized spacial score (nSPS) is 17.2. The first kappa shape index (κ1) is 25.8. The molecule has 1 aliphatic rings. The van der Waals surface area contributed by atoms with Crippen LogP contribution in [0.2, 0.25) is 0 Å². The summed E-state index contributed by atoms with van der Waals surface area (Å²) in [5, 5.41) is 0. The van der Waals surface area contributed by atoms with Crippen molar-refractivity contribution in [1.82, 2.24) is 19.5 Å². The summed E-state index contributed by atoms with van der Waals surface area (Å²) in [6.07, 6.45) is 4.42. The van der Waals surface area contributed by atoms with Crippen molar-refractivity contribution in [3.63, 3.8) is 0 Å². The first-order chi connectivity index (χ1) is 19.6. The van der Waals surface area contributed by atoms with Gasteiger partial charge in [-0.2, -0.15) is 0 Å². The first-order valence-electron chi connectivity index (χ1n) is 13.2. The molecule has 2 aromatic heterocycles. The molecule has 9 nitrogen and oxygen atoms in total. The number of nitrogens with two attached hydrogens (primary N) is 1. The van der Waals surface area contributed by atoms with Gasteiger partial charge >= 0.3 is 0 Å². The van der Waals surface area contributed by atoms with Gasteiger partial charge in [0.1, 0.15) is 35.2 Å². The van der Waals surface area contributed by atoms with E-state index < -0.39 is 5.60 Å². The molecular formula is C31H31N5O4. The molecule has 0 saturated carbocycles. The van der Waals surface area contributed by atoms with Crippen molar-refractivity contribution < 1.29 is 18.9 Å². The average molecular weight is 538 g/mol. The number of nitrogen functional groups attached to an aromatic ring is 1. The highest BCUT2D eigenvalue weighted by Crippen LogP contribution is 2.42. The molecule has 1 aliphatic heterocycles. The molecule has 3 heterocycles. The van der Waals surface area contributed by atoms with Gasteiger partial charge in [0.2, 0.25) is 0 Å². The lowest BCUT2D eigenvalue weighted by Crippen LogP contribution is -2.35. The highest BCUT2D eigenvalue weighted by atomic mass is 16.6. The van der Waals surface area contributed by atoms with Gasteiger partial charge in [-0.25, -0.2) is 15.0 Å². The molecule has 0 radical (unpaired) electrons. The summed E-state index contributed by atoms with van der Waals surface area (Å²) >= 11 is 0. The number of benzene rings is 3. The van der Waals surface area contributed by atoms with E-state index in [1.54, 1.807) is 20.5 Å². The number of hydrogen-bond acceptors (Lipinski definition) is 8. The van der Waals surface area contributed by atoms with Crippen LogP contribution in [0.3, 0.4) is 0 Å². The van der Waals surface area contributed by atoms with Crippen LogP contribution < -0.4 is 15.2 Å². The molecule has 6 rings (SSSR count). The van der Waals surface area contributed by atoms with Crippen molar-refractivity contribution in [3.05, 3.63) is 108 Å².